The van der Waals surface area contributed by atoms with E-state index in [-0.39, 0.29) is 5.57 Å². The molecule has 1 N–H and O–H groups in total. The number of anilines is 1. The van der Waals surface area contributed by atoms with Crippen molar-refractivity contribution in [3.63, 3.8) is 0 Å². The minimum absolute atomic E-state index is 0.0584. The Morgan fingerprint density at radius 2 is 1.94 bits per heavy atom. The van der Waals surface area contributed by atoms with Gasteiger partial charge in [0, 0.05) is 14.3 Å². The van der Waals surface area contributed by atoms with Crippen molar-refractivity contribution in [3.8, 4) is 17.6 Å². The number of ether oxygens (including phenoxy) is 2. The van der Waals surface area contributed by atoms with Gasteiger partial charge in [-0.2, -0.15) is 5.26 Å². The maximum Gasteiger partial charge on any atom is 0.266 e. The van der Waals surface area contributed by atoms with Gasteiger partial charge >= 0.3 is 0 Å². The van der Waals surface area contributed by atoms with E-state index >= 15 is 0 Å². The highest BCUT2D eigenvalue weighted by Crippen LogP contribution is 2.38. The van der Waals surface area contributed by atoms with Gasteiger partial charge in [0.05, 0.1) is 11.1 Å². The number of benzene rings is 3. The topological polar surface area (TPSA) is 71.3 Å². The largest absolute Gasteiger partial charge is 0.490 e. The summed E-state index contributed by atoms with van der Waals surface area (Å²) in [6, 6.07) is 20.2. The molecular weight excluding hydrogens is 619 g/mol. The van der Waals surface area contributed by atoms with E-state index in [0.29, 0.717) is 45.5 Å². The molecule has 0 unspecified atom stereocenters. The first-order valence-electron chi connectivity index (χ1n) is 9.92. The lowest BCUT2D eigenvalue weighted by Gasteiger charge is -2.15. The number of amides is 1. The number of carbonyl (C=O) groups is 1. The SMILES string of the molecule is CCOc1cc(/C=C(\C#N)C(=O)Nc2cccc(Cl)c2)cc(Br)c1OCc1ccc(I)cc1. The highest BCUT2D eigenvalue weighted by atomic mass is 127. The Balaban J connectivity index is 1.84. The summed E-state index contributed by atoms with van der Waals surface area (Å²) in [6.07, 6.45) is 1.50. The van der Waals surface area contributed by atoms with Crippen LogP contribution in [0.4, 0.5) is 5.69 Å². The molecule has 0 aliphatic heterocycles. The Morgan fingerprint density at radius 3 is 2.61 bits per heavy atom. The Bertz CT molecular complexity index is 1220. The number of nitriles is 1. The summed E-state index contributed by atoms with van der Waals surface area (Å²) < 4.78 is 13.6. The van der Waals surface area contributed by atoms with Crippen LogP contribution in [0.1, 0.15) is 18.1 Å². The van der Waals surface area contributed by atoms with Gasteiger partial charge in [-0.05, 0) is 105 Å². The molecule has 3 rings (SSSR count). The van der Waals surface area contributed by atoms with Gasteiger partial charge in [0.1, 0.15) is 18.2 Å². The number of hydrogen-bond donors (Lipinski definition) is 1. The van der Waals surface area contributed by atoms with Crippen molar-refractivity contribution in [1.82, 2.24) is 0 Å². The van der Waals surface area contributed by atoms with E-state index < -0.39 is 5.91 Å². The van der Waals surface area contributed by atoms with Gasteiger partial charge < -0.3 is 14.8 Å². The van der Waals surface area contributed by atoms with E-state index in [2.05, 4.69) is 43.8 Å². The van der Waals surface area contributed by atoms with Crippen LogP contribution in [0.5, 0.6) is 11.5 Å². The molecule has 0 radical (unpaired) electrons. The molecule has 0 saturated carbocycles. The Kier molecular flexibility index (Phi) is 9.18. The molecule has 1 amide bonds. The van der Waals surface area contributed by atoms with E-state index in [1.807, 2.05) is 37.3 Å². The molecule has 0 saturated heterocycles. The normalized spacial score (nSPS) is 10.9. The lowest BCUT2D eigenvalue weighted by molar-refractivity contribution is -0.112. The molecule has 33 heavy (non-hydrogen) atoms. The second kappa shape index (κ2) is 12.1. The van der Waals surface area contributed by atoms with Crippen LogP contribution in [0.15, 0.2) is 70.7 Å². The number of carbonyl (C=O) groups excluding carboxylic acids is 1. The average molecular weight is 638 g/mol. The molecule has 0 heterocycles. The summed E-state index contributed by atoms with van der Waals surface area (Å²) >= 11 is 11.7. The monoisotopic (exact) mass is 636 g/mol. The zero-order valence-electron chi connectivity index (χ0n) is 17.6. The van der Waals surface area contributed by atoms with Gasteiger partial charge in [0.2, 0.25) is 0 Å². The summed E-state index contributed by atoms with van der Waals surface area (Å²) in [5.74, 6) is 0.526. The summed E-state index contributed by atoms with van der Waals surface area (Å²) in [5, 5.41) is 12.7. The van der Waals surface area contributed by atoms with Crippen LogP contribution in [-0.4, -0.2) is 12.5 Å². The van der Waals surface area contributed by atoms with Crippen LogP contribution in [0.25, 0.3) is 6.08 Å². The average Bonchev–Trinajstić information content (AvgIpc) is 2.78. The fraction of sp³-hybridized carbons (Fsp3) is 0.120. The number of hydrogen-bond acceptors (Lipinski definition) is 4. The molecular formula is C25H19BrClIN2O3. The summed E-state index contributed by atoms with van der Waals surface area (Å²) in [7, 11) is 0. The summed E-state index contributed by atoms with van der Waals surface area (Å²) in [4.78, 5) is 12.6. The van der Waals surface area contributed by atoms with Gasteiger partial charge in [-0.3, -0.25) is 4.79 Å². The van der Waals surface area contributed by atoms with Crippen LogP contribution >= 0.6 is 50.1 Å². The fourth-order valence-corrected chi connectivity index (χ4v) is 4.01. The van der Waals surface area contributed by atoms with Crippen LogP contribution in [0.3, 0.4) is 0 Å². The minimum atomic E-state index is -0.534. The van der Waals surface area contributed by atoms with Crippen molar-refractivity contribution in [3.05, 3.63) is 90.4 Å². The third-order valence-electron chi connectivity index (χ3n) is 4.39. The number of nitrogens with zero attached hydrogens (tertiary/aromatic N) is 1. The molecule has 0 bridgehead atoms. The van der Waals surface area contributed by atoms with E-state index in [4.69, 9.17) is 21.1 Å². The third-order valence-corrected chi connectivity index (χ3v) is 5.93. The fourth-order valence-electron chi connectivity index (χ4n) is 2.89. The Hall–Kier alpha value is -2.54. The van der Waals surface area contributed by atoms with Crippen molar-refractivity contribution in [2.24, 2.45) is 0 Å². The lowest BCUT2D eigenvalue weighted by Crippen LogP contribution is -2.13. The minimum Gasteiger partial charge on any atom is -0.490 e. The second-order valence-corrected chi connectivity index (χ2v) is 9.35. The first-order chi connectivity index (χ1) is 15.9. The van der Waals surface area contributed by atoms with Gasteiger partial charge in [-0.15, -0.1) is 0 Å². The molecule has 0 atom stereocenters. The van der Waals surface area contributed by atoms with E-state index in [1.54, 1.807) is 36.4 Å². The van der Waals surface area contributed by atoms with Crippen molar-refractivity contribution in [2.45, 2.75) is 13.5 Å². The van der Waals surface area contributed by atoms with E-state index in [1.165, 1.54) is 6.08 Å². The van der Waals surface area contributed by atoms with Crippen molar-refractivity contribution in [2.75, 3.05) is 11.9 Å². The molecule has 8 heteroatoms. The zero-order chi connectivity index (χ0) is 23.8. The number of rotatable bonds is 8. The molecule has 0 fully saturated rings. The van der Waals surface area contributed by atoms with Gasteiger partial charge in [-0.25, -0.2) is 0 Å². The predicted octanol–water partition coefficient (Wildman–Crippen LogP) is 7.23. The maximum absolute atomic E-state index is 12.6. The number of nitrogens with one attached hydrogen (secondary N) is 1. The van der Waals surface area contributed by atoms with Gasteiger partial charge in [-0.1, -0.05) is 29.8 Å². The standard InChI is InChI=1S/C25H19BrClIN2O3/c1-2-32-23-12-17(10-18(14-29)25(31)30-21-5-3-4-19(27)13-21)11-22(26)24(23)33-15-16-6-8-20(28)9-7-16/h3-13H,2,15H2,1H3,(H,30,31)/b18-10+. The first-order valence-corrected chi connectivity index (χ1v) is 12.2. The van der Waals surface area contributed by atoms with Gasteiger partial charge in [0.15, 0.2) is 11.5 Å². The molecule has 3 aromatic rings. The van der Waals surface area contributed by atoms with Crippen molar-refractivity contribution in [1.29, 1.82) is 5.26 Å². The smallest absolute Gasteiger partial charge is 0.266 e. The molecule has 0 spiro atoms. The van der Waals surface area contributed by atoms with Gasteiger partial charge in [0.25, 0.3) is 5.91 Å². The van der Waals surface area contributed by atoms with Crippen LogP contribution in [0, 0.1) is 14.9 Å². The van der Waals surface area contributed by atoms with Crippen molar-refractivity contribution >= 4 is 67.8 Å². The van der Waals surface area contributed by atoms with Crippen LogP contribution < -0.4 is 14.8 Å². The summed E-state index contributed by atoms with van der Waals surface area (Å²) in [6.45, 7) is 2.68. The Morgan fingerprint density at radius 1 is 1.18 bits per heavy atom. The number of halogens is 3. The first kappa shape index (κ1) is 25.1. The predicted molar refractivity (Wildman–Crippen MR) is 142 cm³/mol. The molecule has 168 valence electrons. The Labute approximate surface area is 219 Å². The maximum atomic E-state index is 12.6. The van der Waals surface area contributed by atoms with Crippen LogP contribution in [-0.2, 0) is 11.4 Å². The highest BCUT2D eigenvalue weighted by molar-refractivity contribution is 14.1. The van der Waals surface area contributed by atoms with E-state index in [0.717, 1.165) is 9.13 Å². The molecule has 5 nitrogen and oxygen atoms in total. The van der Waals surface area contributed by atoms with Crippen LogP contribution in [0.2, 0.25) is 5.02 Å². The molecule has 3 aromatic carbocycles. The zero-order valence-corrected chi connectivity index (χ0v) is 22.1. The quantitative estimate of drug-likeness (QED) is 0.161. The van der Waals surface area contributed by atoms with Crippen molar-refractivity contribution < 1.29 is 14.3 Å². The highest BCUT2D eigenvalue weighted by Gasteiger charge is 2.15. The molecule has 0 aromatic heterocycles. The summed E-state index contributed by atoms with van der Waals surface area (Å²) in [5.41, 5.74) is 2.09. The lowest BCUT2D eigenvalue weighted by atomic mass is 10.1. The third kappa shape index (κ3) is 7.22. The molecule has 0 aliphatic rings. The molecule has 0 aliphatic carbocycles. The second-order valence-electron chi connectivity index (χ2n) is 6.81. The van der Waals surface area contributed by atoms with E-state index in [9.17, 15) is 10.1 Å².